The Balaban J connectivity index is 3.06. The third-order valence-electron chi connectivity index (χ3n) is 4.43. The van der Waals surface area contributed by atoms with Crippen molar-refractivity contribution in [2.75, 3.05) is 0 Å². The van der Waals surface area contributed by atoms with E-state index in [1.165, 1.54) is 89.9 Å². The second-order valence-corrected chi connectivity index (χ2v) is 6.86. The van der Waals surface area contributed by atoms with Crippen molar-refractivity contribution in [1.29, 1.82) is 0 Å². The van der Waals surface area contributed by atoms with Gasteiger partial charge in [-0.25, -0.2) is 0 Å². The molecule has 0 spiro atoms. The summed E-state index contributed by atoms with van der Waals surface area (Å²) in [7, 11) is 0. The Kier molecular flexibility index (Phi) is 18.6. The van der Waals surface area contributed by atoms with Gasteiger partial charge in [0.1, 0.15) is 0 Å². The first-order valence-corrected chi connectivity index (χ1v) is 10.2. The maximum Gasteiger partial charge on any atom is 0.217 e. The van der Waals surface area contributed by atoms with Crippen molar-refractivity contribution in [2.45, 2.75) is 116 Å². The van der Waals surface area contributed by atoms with Crippen LogP contribution in [0.15, 0.2) is 12.2 Å². The largest absolute Gasteiger partial charge is 0.370 e. The molecule has 0 aromatic heterocycles. The van der Waals surface area contributed by atoms with Crippen LogP contribution < -0.4 is 5.73 Å². The van der Waals surface area contributed by atoms with E-state index in [1.54, 1.807) is 0 Å². The molecule has 0 saturated carbocycles. The molecule has 1 amide bonds. The third kappa shape index (κ3) is 21.2. The number of allylic oxidation sites excluding steroid dienone is 2. The topological polar surface area (TPSA) is 43.1 Å². The van der Waals surface area contributed by atoms with Gasteiger partial charge in [0.25, 0.3) is 0 Å². The molecule has 2 nitrogen and oxygen atoms in total. The van der Waals surface area contributed by atoms with E-state index in [-0.39, 0.29) is 5.91 Å². The fourth-order valence-corrected chi connectivity index (χ4v) is 2.90. The molecule has 2 heteroatoms. The van der Waals surface area contributed by atoms with E-state index in [2.05, 4.69) is 19.1 Å². The molecule has 0 aromatic rings. The molecule has 0 fully saturated rings. The SMILES string of the molecule is CCCCCCCC/C=C\CCCCCCCCCCC(N)=O. The van der Waals surface area contributed by atoms with E-state index >= 15 is 0 Å². The van der Waals surface area contributed by atoms with E-state index < -0.39 is 0 Å². The van der Waals surface area contributed by atoms with Crippen LogP contribution in [0.1, 0.15) is 116 Å². The predicted molar refractivity (Wildman–Crippen MR) is 102 cm³/mol. The number of nitrogens with two attached hydrogens (primary N) is 1. The molecule has 0 bridgehead atoms. The van der Waals surface area contributed by atoms with Gasteiger partial charge in [-0.15, -0.1) is 0 Å². The summed E-state index contributed by atoms with van der Waals surface area (Å²) in [6.45, 7) is 2.27. The maximum absolute atomic E-state index is 10.6. The van der Waals surface area contributed by atoms with Gasteiger partial charge in [-0.1, -0.05) is 89.7 Å². The standard InChI is InChI=1S/C21H41NO/c1-2-3-4-5-6-7-8-9-10-11-12-13-14-15-16-17-18-19-20-21(22)23/h9-10H,2-8,11-20H2,1H3,(H2,22,23)/b10-9-. The number of unbranched alkanes of at least 4 members (excludes halogenated alkanes) is 14. The summed E-state index contributed by atoms with van der Waals surface area (Å²) in [5, 5.41) is 0. The summed E-state index contributed by atoms with van der Waals surface area (Å²) >= 11 is 0. The van der Waals surface area contributed by atoms with Gasteiger partial charge in [-0.3, -0.25) is 4.79 Å². The van der Waals surface area contributed by atoms with Crippen molar-refractivity contribution in [3.8, 4) is 0 Å². The summed E-state index contributed by atoms with van der Waals surface area (Å²) < 4.78 is 0. The van der Waals surface area contributed by atoms with E-state index in [0.29, 0.717) is 6.42 Å². The number of hydrogen-bond acceptors (Lipinski definition) is 1. The lowest BCUT2D eigenvalue weighted by Gasteiger charge is -2.01. The second kappa shape index (κ2) is 19.3. The first-order chi connectivity index (χ1) is 11.3. The van der Waals surface area contributed by atoms with Crippen LogP contribution in [0.2, 0.25) is 0 Å². The number of amides is 1. The highest BCUT2D eigenvalue weighted by Gasteiger charge is 1.95. The second-order valence-electron chi connectivity index (χ2n) is 6.86. The van der Waals surface area contributed by atoms with Gasteiger partial charge in [0.05, 0.1) is 0 Å². The highest BCUT2D eigenvalue weighted by molar-refractivity contribution is 5.73. The Hall–Kier alpha value is -0.790. The Labute approximate surface area is 145 Å². The van der Waals surface area contributed by atoms with Gasteiger partial charge in [0.2, 0.25) is 5.91 Å². The van der Waals surface area contributed by atoms with E-state index in [9.17, 15) is 4.79 Å². The zero-order valence-corrected chi connectivity index (χ0v) is 15.7. The van der Waals surface area contributed by atoms with E-state index in [1.807, 2.05) is 0 Å². The molecule has 0 unspecified atom stereocenters. The lowest BCUT2D eigenvalue weighted by atomic mass is 10.1. The van der Waals surface area contributed by atoms with Crippen LogP contribution in [0.4, 0.5) is 0 Å². The predicted octanol–water partition coefficient (Wildman–Crippen LogP) is 6.68. The third-order valence-corrected chi connectivity index (χ3v) is 4.43. The summed E-state index contributed by atoms with van der Waals surface area (Å²) in [6.07, 6.45) is 26.3. The minimum Gasteiger partial charge on any atom is -0.370 e. The van der Waals surface area contributed by atoms with Crippen LogP contribution >= 0.6 is 0 Å². The first kappa shape index (κ1) is 22.2. The summed E-state index contributed by atoms with van der Waals surface area (Å²) in [5.41, 5.74) is 5.12. The molecule has 23 heavy (non-hydrogen) atoms. The van der Waals surface area contributed by atoms with Crippen LogP contribution in [0, 0.1) is 0 Å². The molecular weight excluding hydrogens is 282 g/mol. The lowest BCUT2D eigenvalue weighted by Crippen LogP contribution is -2.09. The van der Waals surface area contributed by atoms with Gasteiger partial charge in [-0.05, 0) is 32.1 Å². The van der Waals surface area contributed by atoms with Gasteiger partial charge < -0.3 is 5.73 Å². The molecular formula is C21H41NO. The van der Waals surface area contributed by atoms with Crippen molar-refractivity contribution < 1.29 is 4.79 Å². The number of carbonyl (C=O) groups excluding carboxylic acids is 1. The van der Waals surface area contributed by atoms with E-state index in [0.717, 1.165) is 12.8 Å². The average Bonchev–Trinajstić information content (AvgIpc) is 2.53. The van der Waals surface area contributed by atoms with Crippen LogP contribution in [0.5, 0.6) is 0 Å². The first-order valence-electron chi connectivity index (χ1n) is 10.2. The van der Waals surface area contributed by atoms with Crippen molar-refractivity contribution in [3.05, 3.63) is 12.2 Å². The van der Waals surface area contributed by atoms with Gasteiger partial charge in [0, 0.05) is 6.42 Å². The summed E-state index contributed by atoms with van der Waals surface area (Å²) in [6, 6.07) is 0. The molecule has 136 valence electrons. The molecule has 0 aliphatic carbocycles. The Bertz CT molecular complexity index is 273. The van der Waals surface area contributed by atoms with Gasteiger partial charge >= 0.3 is 0 Å². The Morgan fingerprint density at radius 1 is 0.652 bits per heavy atom. The maximum atomic E-state index is 10.6. The van der Waals surface area contributed by atoms with Crippen LogP contribution in [0.25, 0.3) is 0 Å². The van der Waals surface area contributed by atoms with Gasteiger partial charge in [0.15, 0.2) is 0 Å². The number of hydrogen-bond donors (Lipinski definition) is 1. The van der Waals surface area contributed by atoms with Crippen LogP contribution in [0.3, 0.4) is 0 Å². The highest BCUT2D eigenvalue weighted by atomic mass is 16.1. The van der Waals surface area contributed by atoms with Crippen molar-refractivity contribution in [2.24, 2.45) is 5.73 Å². The molecule has 0 aliphatic rings. The zero-order chi connectivity index (χ0) is 17.0. The quantitative estimate of drug-likeness (QED) is 0.222. The average molecular weight is 324 g/mol. The van der Waals surface area contributed by atoms with Crippen LogP contribution in [-0.4, -0.2) is 5.91 Å². The molecule has 0 aromatic carbocycles. The fourth-order valence-electron chi connectivity index (χ4n) is 2.90. The van der Waals surface area contributed by atoms with Crippen molar-refractivity contribution in [3.63, 3.8) is 0 Å². The lowest BCUT2D eigenvalue weighted by molar-refractivity contribution is -0.118. The molecule has 0 heterocycles. The summed E-state index contributed by atoms with van der Waals surface area (Å²) in [4.78, 5) is 10.6. The van der Waals surface area contributed by atoms with Crippen LogP contribution in [-0.2, 0) is 4.79 Å². The van der Waals surface area contributed by atoms with E-state index in [4.69, 9.17) is 5.73 Å². The monoisotopic (exact) mass is 323 g/mol. The number of primary amides is 1. The molecule has 0 rings (SSSR count). The minimum absolute atomic E-state index is 0.158. The van der Waals surface area contributed by atoms with Crippen molar-refractivity contribution in [1.82, 2.24) is 0 Å². The Morgan fingerprint density at radius 2 is 1.04 bits per heavy atom. The smallest absolute Gasteiger partial charge is 0.217 e. The summed E-state index contributed by atoms with van der Waals surface area (Å²) in [5.74, 6) is -0.158. The van der Waals surface area contributed by atoms with Crippen molar-refractivity contribution >= 4 is 5.91 Å². The zero-order valence-electron chi connectivity index (χ0n) is 15.7. The Morgan fingerprint density at radius 3 is 1.48 bits per heavy atom. The molecule has 0 atom stereocenters. The molecule has 0 saturated heterocycles. The molecule has 0 aliphatic heterocycles. The molecule has 2 N–H and O–H groups in total. The normalized spacial score (nSPS) is 11.3. The fraction of sp³-hybridized carbons (Fsp3) is 0.857. The highest BCUT2D eigenvalue weighted by Crippen LogP contribution is 2.11. The molecule has 0 radical (unpaired) electrons. The van der Waals surface area contributed by atoms with Gasteiger partial charge in [-0.2, -0.15) is 0 Å². The number of rotatable bonds is 18. The number of carbonyl (C=O) groups is 1. The minimum atomic E-state index is -0.158.